The molecule has 1 atom stereocenters. The lowest BCUT2D eigenvalue weighted by Gasteiger charge is -2.33. The Morgan fingerprint density at radius 3 is 2.78 bits per heavy atom. The fourth-order valence-corrected chi connectivity index (χ4v) is 5.77. The van der Waals surface area contributed by atoms with E-state index in [0.717, 1.165) is 32.2 Å². The van der Waals surface area contributed by atoms with Gasteiger partial charge in [0.1, 0.15) is 23.5 Å². The molecule has 0 spiro atoms. The van der Waals surface area contributed by atoms with Gasteiger partial charge in [0, 0.05) is 25.2 Å². The molecular formula is C20H23F2N7O2S. The summed E-state index contributed by atoms with van der Waals surface area (Å²) in [6, 6.07) is 4.31. The molecule has 12 heteroatoms. The highest BCUT2D eigenvalue weighted by Gasteiger charge is 2.31. The molecule has 1 N–H and O–H groups in total. The highest BCUT2D eigenvalue weighted by molar-refractivity contribution is 7.89. The number of piperidine rings is 1. The van der Waals surface area contributed by atoms with E-state index in [2.05, 4.69) is 24.8 Å². The Kier molecular flexibility index (Phi) is 5.49. The molecule has 0 amide bonds. The standard InChI is InChI=1S/C20H23F2N7O2S/c21-20(22)15-5-6-18-23-9-17(29(18)26-15)16-8-19(25-12-24-16)28-7-1-2-14(10-28)27-32(30,31)11-13-3-4-13/h5-6,8-9,12-14,20,27H,1-4,7,10-11H2/t14-/m0/s1. The van der Waals surface area contributed by atoms with E-state index in [1.807, 2.05) is 4.90 Å². The second kappa shape index (κ2) is 8.32. The van der Waals surface area contributed by atoms with Gasteiger partial charge in [-0.1, -0.05) is 0 Å². The first-order valence-corrected chi connectivity index (χ1v) is 12.2. The summed E-state index contributed by atoms with van der Waals surface area (Å²) in [5.74, 6) is 1.13. The van der Waals surface area contributed by atoms with E-state index in [9.17, 15) is 17.2 Å². The fourth-order valence-electron chi connectivity index (χ4n) is 4.02. The molecule has 0 radical (unpaired) electrons. The molecule has 32 heavy (non-hydrogen) atoms. The van der Waals surface area contributed by atoms with E-state index in [0.29, 0.717) is 35.3 Å². The number of rotatable bonds is 7. The lowest BCUT2D eigenvalue weighted by Crippen LogP contribution is -2.48. The van der Waals surface area contributed by atoms with Gasteiger partial charge in [-0.2, -0.15) is 5.10 Å². The normalized spacial score (nSPS) is 19.7. The lowest BCUT2D eigenvalue weighted by atomic mass is 10.1. The number of fused-ring (bicyclic) bond motifs is 1. The number of alkyl halides is 2. The Balaban J connectivity index is 1.37. The molecule has 0 unspecified atom stereocenters. The molecule has 1 aliphatic heterocycles. The average molecular weight is 464 g/mol. The van der Waals surface area contributed by atoms with Crippen molar-refractivity contribution < 1.29 is 17.2 Å². The van der Waals surface area contributed by atoms with Gasteiger partial charge in [0.2, 0.25) is 10.0 Å². The van der Waals surface area contributed by atoms with Crippen molar-refractivity contribution in [1.82, 2.24) is 29.3 Å². The van der Waals surface area contributed by atoms with Crippen molar-refractivity contribution in [3.63, 3.8) is 0 Å². The molecule has 0 bridgehead atoms. The summed E-state index contributed by atoms with van der Waals surface area (Å²) < 4.78 is 55.1. The minimum absolute atomic E-state index is 0.183. The molecule has 9 nitrogen and oxygen atoms in total. The van der Waals surface area contributed by atoms with E-state index in [4.69, 9.17) is 0 Å². The molecule has 0 aromatic carbocycles. The Bertz CT molecular complexity index is 1230. The third kappa shape index (κ3) is 4.56. The number of hydrogen-bond donors (Lipinski definition) is 1. The summed E-state index contributed by atoms with van der Waals surface area (Å²) in [5.41, 5.74) is 1.07. The van der Waals surface area contributed by atoms with Crippen LogP contribution in [0.5, 0.6) is 0 Å². The smallest absolute Gasteiger partial charge is 0.282 e. The number of sulfonamides is 1. The first kappa shape index (κ1) is 21.1. The van der Waals surface area contributed by atoms with Crippen LogP contribution in [0.2, 0.25) is 0 Å². The largest absolute Gasteiger partial charge is 0.355 e. The van der Waals surface area contributed by atoms with Crippen molar-refractivity contribution in [1.29, 1.82) is 0 Å². The zero-order valence-corrected chi connectivity index (χ0v) is 18.0. The lowest BCUT2D eigenvalue weighted by molar-refractivity contribution is 0.144. The quantitative estimate of drug-likeness (QED) is 0.574. The van der Waals surface area contributed by atoms with Gasteiger partial charge < -0.3 is 4.90 Å². The van der Waals surface area contributed by atoms with E-state index in [1.54, 1.807) is 6.07 Å². The highest BCUT2D eigenvalue weighted by atomic mass is 32.2. The molecule has 170 valence electrons. The minimum Gasteiger partial charge on any atom is -0.355 e. The molecule has 4 heterocycles. The van der Waals surface area contributed by atoms with Crippen LogP contribution in [0.25, 0.3) is 17.0 Å². The van der Waals surface area contributed by atoms with Crippen LogP contribution in [-0.4, -0.2) is 57.9 Å². The van der Waals surface area contributed by atoms with Crippen LogP contribution in [-0.2, 0) is 10.0 Å². The van der Waals surface area contributed by atoms with E-state index in [-0.39, 0.29) is 17.5 Å². The van der Waals surface area contributed by atoms with Crippen molar-refractivity contribution in [2.45, 2.75) is 38.2 Å². The van der Waals surface area contributed by atoms with Crippen molar-refractivity contribution >= 4 is 21.5 Å². The Morgan fingerprint density at radius 1 is 1.16 bits per heavy atom. The molecule has 2 fully saturated rings. The average Bonchev–Trinajstić information content (AvgIpc) is 3.47. The molecule has 1 aliphatic carbocycles. The van der Waals surface area contributed by atoms with E-state index < -0.39 is 16.4 Å². The number of imidazole rings is 1. The number of nitrogens with zero attached hydrogens (tertiary/aromatic N) is 6. The van der Waals surface area contributed by atoms with E-state index >= 15 is 0 Å². The number of aromatic nitrogens is 5. The van der Waals surface area contributed by atoms with Crippen molar-refractivity contribution in [2.24, 2.45) is 5.92 Å². The van der Waals surface area contributed by atoms with Gasteiger partial charge in [-0.25, -0.2) is 41.4 Å². The number of hydrogen-bond acceptors (Lipinski definition) is 7. The summed E-state index contributed by atoms with van der Waals surface area (Å²) in [6.07, 6.45) is 3.81. The van der Waals surface area contributed by atoms with Crippen LogP contribution >= 0.6 is 0 Å². The van der Waals surface area contributed by atoms with Gasteiger partial charge in [0.05, 0.1) is 17.6 Å². The first-order chi connectivity index (χ1) is 15.4. The predicted molar refractivity (Wildman–Crippen MR) is 114 cm³/mol. The van der Waals surface area contributed by atoms with Crippen LogP contribution in [0.15, 0.2) is 30.7 Å². The maximum Gasteiger partial charge on any atom is 0.282 e. The van der Waals surface area contributed by atoms with Crippen molar-refractivity contribution in [2.75, 3.05) is 23.7 Å². The Hall–Kier alpha value is -2.73. The molecule has 3 aromatic rings. The molecule has 3 aromatic heterocycles. The number of anilines is 1. The second-order valence-electron chi connectivity index (χ2n) is 8.36. The monoisotopic (exact) mass is 463 g/mol. The summed E-state index contributed by atoms with van der Waals surface area (Å²) in [7, 11) is -3.29. The molecular weight excluding hydrogens is 440 g/mol. The van der Waals surface area contributed by atoms with Crippen LogP contribution < -0.4 is 9.62 Å². The summed E-state index contributed by atoms with van der Waals surface area (Å²) >= 11 is 0. The van der Waals surface area contributed by atoms with Gasteiger partial charge in [-0.3, -0.25) is 0 Å². The van der Waals surface area contributed by atoms with Crippen LogP contribution in [0.3, 0.4) is 0 Å². The van der Waals surface area contributed by atoms with Gasteiger partial charge in [0.25, 0.3) is 6.43 Å². The van der Waals surface area contributed by atoms with Gasteiger partial charge in [0.15, 0.2) is 5.65 Å². The molecule has 1 saturated carbocycles. The van der Waals surface area contributed by atoms with Crippen LogP contribution in [0.1, 0.15) is 37.8 Å². The number of halogens is 2. The SMILES string of the molecule is O=S(=O)(CC1CC1)N[C@H]1CCCN(c2cc(-c3cnc4ccc(C(F)F)nn34)ncn2)C1. The first-order valence-electron chi connectivity index (χ1n) is 10.6. The maximum absolute atomic E-state index is 13.1. The van der Waals surface area contributed by atoms with Gasteiger partial charge >= 0.3 is 0 Å². The summed E-state index contributed by atoms with van der Waals surface area (Å²) in [6.45, 7) is 1.24. The molecule has 5 rings (SSSR count). The zero-order valence-electron chi connectivity index (χ0n) is 17.2. The fraction of sp³-hybridized carbons (Fsp3) is 0.500. The third-order valence-electron chi connectivity index (χ3n) is 5.77. The predicted octanol–water partition coefficient (Wildman–Crippen LogP) is 2.42. The van der Waals surface area contributed by atoms with Crippen molar-refractivity contribution in [3.05, 3.63) is 36.4 Å². The van der Waals surface area contributed by atoms with Gasteiger partial charge in [-0.15, -0.1) is 0 Å². The Morgan fingerprint density at radius 2 is 2.00 bits per heavy atom. The molecule has 1 saturated heterocycles. The minimum atomic E-state index is -3.29. The molecule has 2 aliphatic rings. The van der Waals surface area contributed by atoms with Crippen LogP contribution in [0.4, 0.5) is 14.6 Å². The number of nitrogens with one attached hydrogen (secondary N) is 1. The zero-order chi connectivity index (χ0) is 22.3. The summed E-state index contributed by atoms with van der Waals surface area (Å²) in [4.78, 5) is 14.9. The van der Waals surface area contributed by atoms with Crippen LogP contribution in [0, 0.1) is 5.92 Å². The van der Waals surface area contributed by atoms with Gasteiger partial charge in [-0.05, 0) is 43.7 Å². The topological polar surface area (TPSA) is 105 Å². The second-order valence-corrected chi connectivity index (χ2v) is 10.2. The maximum atomic E-state index is 13.1. The van der Waals surface area contributed by atoms with E-state index in [1.165, 1.54) is 29.2 Å². The van der Waals surface area contributed by atoms with Crippen molar-refractivity contribution in [3.8, 4) is 11.4 Å². The third-order valence-corrected chi connectivity index (χ3v) is 7.37. The highest BCUT2D eigenvalue weighted by Crippen LogP contribution is 2.30. The summed E-state index contributed by atoms with van der Waals surface area (Å²) in [5, 5.41) is 3.99. The Labute approximate surface area is 183 Å².